The van der Waals surface area contributed by atoms with E-state index in [2.05, 4.69) is 31.9 Å². The first-order valence-electron chi connectivity index (χ1n) is 5.06. The number of hydrogen-bond acceptors (Lipinski definition) is 2. The van der Waals surface area contributed by atoms with Crippen molar-refractivity contribution in [2.24, 2.45) is 0 Å². The molecule has 4 heteroatoms. The lowest BCUT2D eigenvalue weighted by atomic mass is 10.2. The van der Waals surface area contributed by atoms with Gasteiger partial charge in [0.15, 0.2) is 0 Å². The summed E-state index contributed by atoms with van der Waals surface area (Å²) in [5.74, 6) is 0.253. The van der Waals surface area contributed by atoms with Crippen LogP contribution in [0.1, 0.15) is 0 Å². The highest BCUT2D eigenvalue weighted by molar-refractivity contribution is 9.10. The molecule has 0 saturated carbocycles. The molecule has 0 amide bonds. The SMILES string of the molecule is CN(c1cccc(Br)c1)c1ccc(O)cc1Br. The number of anilines is 2. The summed E-state index contributed by atoms with van der Waals surface area (Å²) in [6, 6.07) is 13.3. The van der Waals surface area contributed by atoms with E-state index in [4.69, 9.17) is 0 Å². The average molecular weight is 357 g/mol. The van der Waals surface area contributed by atoms with Crippen LogP contribution in [0.4, 0.5) is 11.4 Å². The number of halogens is 2. The van der Waals surface area contributed by atoms with Crippen molar-refractivity contribution < 1.29 is 5.11 Å². The topological polar surface area (TPSA) is 23.5 Å². The summed E-state index contributed by atoms with van der Waals surface area (Å²) in [6.45, 7) is 0. The van der Waals surface area contributed by atoms with E-state index >= 15 is 0 Å². The van der Waals surface area contributed by atoms with Crippen LogP contribution in [-0.2, 0) is 0 Å². The largest absolute Gasteiger partial charge is 0.508 e. The minimum Gasteiger partial charge on any atom is -0.508 e. The highest BCUT2D eigenvalue weighted by atomic mass is 79.9. The molecule has 2 aromatic carbocycles. The van der Waals surface area contributed by atoms with E-state index in [0.717, 1.165) is 20.3 Å². The third-order valence-corrected chi connectivity index (χ3v) is 3.62. The Balaban J connectivity index is 2.40. The number of phenolic OH excluding ortho intramolecular Hbond substituents is 1. The molecular formula is C13H11Br2NO. The molecule has 0 heterocycles. The fourth-order valence-corrected chi connectivity index (χ4v) is 2.61. The molecular weight excluding hydrogens is 346 g/mol. The van der Waals surface area contributed by atoms with E-state index in [1.807, 2.05) is 42.3 Å². The van der Waals surface area contributed by atoms with Crippen molar-refractivity contribution in [3.8, 4) is 5.75 Å². The second-order valence-corrected chi connectivity index (χ2v) is 5.44. The Morgan fingerprint density at radius 2 is 1.82 bits per heavy atom. The second kappa shape index (κ2) is 5.10. The van der Waals surface area contributed by atoms with Crippen LogP contribution in [-0.4, -0.2) is 12.2 Å². The Bertz CT molecular complexity index is 543. The van der Waals surface area contributed by atoms with Crippen molar-refractivity contribution in [1.29, 1.82) is 0 Å². The standard InChI is InChI=1S/C13H11Br2NO/c1-16(10-4-2-3-9(14)7-10)13-6-5-11(17)8-12(13)15/h2-8,17H,1H3. The number of nitrogens with zero attached hydrogens (tertiary/aromatic N) is 1. The van der Waals surface area contributed by atoms with Gasteiger partial charge in [0.1, 0.15) is 5.75 Å². The van der Waals surface area contributed by atoms with Crippen molar-refractivity contribution in [2.75, 3.05) is 11.9 Å². The molecule has 0 aromatic heterocycles. The first kappa shape index (κ1) is 12.5. The smallest absolute Gasteiger partial charge is 0.116 e. The van der Waals surface area contributed by atoms with Crippen LogP contribution in [0, 0.1) is 0 Å². The molecule has 0 unspecified atom stereocenters. The molecule has 0 saturated heterocycles. The fraction of sp³-hybridized carbons (Fsp3) is 0.0769. The molecule has 0 fully saturated rings. The Morgan fingerprint density at radius 1 is 1.06 bits per heavy atom. The molecule has 2 nitrogen and oxygen atoms in total. The van der Waals surface area contributed by atoms with Gasteiger partial charge in [-0.15, -0.1) is 0 Å². The summed E-state index contributed by atoms with van der Waals surface area (Å²) in [5, 5.41) is 9.38. The van der Waals surface area contributed by atoms with Crippen molar-refractivity contribution >= 4 is 43.2 Å². The van der Waals surface area contributed by atoms with Crippen molar-refractivity contribution in [3.05, 3.63) is 51.4 Å². The summed E-state index contributed by atoms with van der Waals surface area (Å²) in [4.78, 5) is 2.05. The molecule has 88 valence electrons. The van der Waals surface area contributed by atoms with Gasteiger partial charge in [0.25, 0.3) is 0 Å². The quantitative estimate of drug-likeness (QED) is 0.844. The van der Waals surface area contributed by atoms with Gasteiger partial charge in [0.05, 0.1) is 5.69 Å². The summed E-state index contributed by atoms with van der Waals surface area (Å²) < 4.78 is 1.90. The van der Waals surface area contributed by atoms with Gasteiger partial charge in [-0.3, -0.25) is 0 Å². The van der Waals surface area contributed by atoms with Gasteiger partial charge in [-0.2, -0.15) is 0 Å². The Kier molecular flexibility index (Phi) is 3.74. The van der Waals surface area contributed by atoms with E-state index in [9.17, 15) is 5.11 Å². The number of benzene rings is 2. The van der Waals surface area contributed by atoms with Crippen LogP contribution < -0.4 is 4.90 Å². The van der Waals surface area contributed by atoms with Gasteiger partial charge >= 0.3 is 0 Å². The van der Waals surface area contributed by atoms with Gasteiger partial charge in [-0.1, -0.05) is 22.0 Å². The number of aromatic hydroxyl groups is 1. The van der Waals surface area contributed by atoms with Gasteiger partial charge in [-0.25, -0.2) is 0 Å². The highest BCUT2D eigenvalue weighted by Crippen LogP contribution is 2.33. The van der Waals surface area contributed by atoms with Crippen LogP contribution in [0.2, 0.25) is 0 Å². The third-order valence-electron chi connectivity index (χ3n) is 2.49. The fourth-order valence-electron chi connectivity index (χ4n) is 1.59. The second-order valence-electron chi connectivity index (χ2n) is 3.67. The molecule has 2 aromatic rings. The Hall–Kier alpha value is -1.00. The zero-order valence-corrected chi connectivity index (χ0v) is 12.4. The summed E-state index contributed by atoms with van der Waals surface area (Å²) >= 11 is 6.90. The number of hydrogen-bond donors (Lipinski definition) is 1. The average Bonchev–Trinajstić information content (AvgIpc) is 2.28. The van der Waals surface area contributed by atoms with E-state index < -0.39 is 0 Å². The van der Waals surface area contributed by atoms with E-state index in [1.54, 1.807) is 12.1 Å². The van der Waals surface area contributed by atoms with Gasteiger partial charge in [-0.05, 0) is 52.3 Å². The van der Waals surface area contributed by atoms with Crippen molar-refractivity contribution in [3.63, 3.8) is 0 Å². The number of phenols is 1. The lowest BCUT2D eigenvalue weighted by Gasteiger charge is -2.21. The minimum absolute atomic E-state index is 0.253. The van der Waals surface area contributed by atoms with Gasteiger partial charge in [0.2, 0.25) is 0 Å². The predicted octanol–water partition coefficient (Wildman–Crippen LogP) is 4.69. The van der Waals surface area contributed by atoms with E-state index in [1.165, 1.54) is 0 Å². The molecule has 0 aliphatic rings. The van der Waals surface area contributed by atoms with Crippen LogP contribution >= 0.6 is 31.9 Å². The lowest BCUT2D eigenvalue weighted by molar-refractivity contribution is 0.475. The zero-order valence-electron chi connectivity index (χ0n) is 9.19. The lowest BCUT2D eigenvalue weighted by Crippen LogP contribution is -2.09. The maximum atomic E-state index is 9.38. The van der Waals surface area contributed by atoms with Crippen molar-refractivity contribution in [2.45, 2.75) is 0 Å². The van der Waals surface area contributed by atoms with Gasteiger partial charge in [0, 0.05) is 21.7 Å². The first-order chi connectivity index (χ1) is 8.08. The third kappa shape index (κ3) is 2.82. The van der Waals surface area contributed by atoms with Crippen LogP contribution in [0.25, 0.3) is 0 Å². The van der Waals surface area contributed by atoms with E-state index in [0.29, 0.717) is 0 Å². The monoisotopic (exact) mass is 355 g/mol. The maximum Gasteiger partial charge on any atom is 0.116 e. The molecule has 2 rings (SSSR count). The summed E-state index contributed by atoms with van der Waals surface area (Å²) in [6.07, 6.45) is 0. The predicted molar refractivity (Wildman–Crippen MR) is 78.0 cm³/mol. The molecule has 1 N–H and O–H groups in total. The highest BCUT2D eigenvalue weighted by Gasteiger charge is 2.08. The number of rotatable bonds is 2. The molecule has 0 radical (unpaired) electrons. The van der Waals surface area contributed by atoms with E-state index in [-0.39, 0.29) is 5.75 Å². The molecule has 0 atom stereocenters. The van der Waals surface area contributed by atoms with Crippen LogP contribution in [0.5, 0.6) is 5.75 Å². The van der Waals surface area contributed by atoms with Crippen LogP contribution in [0.3, 0.4) is 0 Å². The summed E-state index contributed by atoms with van der Waals surface area (Å²) in [7, 11) is 1.99. The molecule has 0 bridgehead atoms. The molecule has 0 aliphatic carbocycles. The van der Waals surface area contributed by atoms with Crippen LogP contribution in [0.15, 0.2) is 51.4 Å². The first-order valence-corrected chi connectivity index (χ1v) is 6.64. The molecule has 0 spiro atoms. The molecule has 0 aliphatic heterocycles. The maximum absolute atomic E-state index is 9.38. The normalized spacial score (nSPS) is 10.3. The molecule has 17 heavy (non-hydrogen) atoms. The summed E-state index contributed by atoms with van der Waals surface area (Å²) in [5.41, 5.74) is 2.08. The van der Waals surface area contributed by atoms with Crippen molar-refractivity contribution in [1.82, 2.24) is 0 Å². The zero-order chi connectivity index (χ0) is 12.4. The Labute approximate surface area is 117 Å². The van der Waals surface area contributed by atoms with Gasteiger partial charge < -0.3 is 10.0 Å². The minimum atomic E-state index is 0.253. The Morgan fingerprint density at radius 3 is 2.47 bits per heavy atom.